The summed E-state index contributed by atoms with van der Waals surface area (Å²) < 4.78 is 0. The Balaban J connectivity index is 1.67. The van der Waals surface area contributed by atoms with Crippen molar-refractivity contribution in [3.63, 3.8) is 0 Å². The lowest BCUT2D eigenvalue weighted by Gasteiger charge is -2.23. The van der Waals surface area contributed by atoms with Crippen LogP contribution in [0.1, 0.15) is 40.9 Å². The number of carbonyl (C=O) groups is 1. The smallest absolute Gasteiger partial charge is 0.311 e. The summed E-state index contributed by atoms with van der Waals surface area (Å²) in [5.74, 6) is -0.725. The molecule has 1 atom stereocenters. The topological polar surface area (TPSA) is 97.4 Å². The second-order valence-corrected chi connectivity index (χ2v) is 8.80. The number of hydrogen-bond donors (Lipinski definition) is 0. The predicted molar refractivity (Wildman–Crippen MR) is 135 cm³/mol. The van der Waals surface area contributed by atoms with Gasteiger partial charge < -0.3 is 4.84 Å². The molecule has 0 aliphatic carbocycles. The van der Waals surface area contributed by atoms with Gasteiger partial charge in [0.1, 0.15) is 5.56 Å². The van der Waals surface area contributed by atoms with Crippen molar-refractivity contribution in [2.24, 2.45) is 10.3 Å². The van der Waals surface area contributed by atoms with Crippen molar-refractivity contribution >= 4 is 58.0 Å². The van der Waals surface area contributed by atoms with Crippen LogP contribution >= 0.6 is 34.8 Å². The Labute approximate surface area is 215 Å². The number of nitro benzene ring substituents is 1. The highest BCUT2D eigenvalue weighted by molar-refractivity contribution is 6.37. The molecule has 1 heterocycles. The Kier molecular flexibility index (Phi) is 7.35. The maximum Gasteiger partial charge on any atom is 0.372 e. The molecule has 0 saturated heterocycles. The van der Waals surface area contributed by atoms with Crippen LogP contribution in [-0.4, -0.2) is 27.4 Å². The third kappa shape index (κ3) is 5.30. The van der Waals surface area contributed by atoms with Gasteiger partial charge in [-0.25, -0.2) is 9.80 Å². The van der Waals surface area contributed by atoms with Crippen LogP contribution in [0.3, 0.4) is 0 Å². The van der Waals surface area contributed by atoms with Gasteiger partial charge in [0, 0.05) is 28.1 Å². The van der Waals surface area contributed by atoms with Crippen molar-refractivity contribution in [1.29, 1.82) is 0 Å². The first-order valence-electron chi connectivity index (χ1n) is 10.3. The van der Waals surface area contributed by atoms with Gasteiger partial charge in [0.05, 0.1) is 21.7 Å². The van der Waals surface area contributed by atoms with Crippen LogP contribution in [0.2, 0.25) is 15.1 Å². The molecule has 0 fully saturated rings. The van der Waals surface area contributed by atoms with E-state index in [9.17, 15) is 14.9 Å². The first-order valence-corrected chi connectivity index (χ1v) is 11.5. The quantitative estimate of drug-likeness (QED) is 0.117. The number of halogens is 3. The number of nitro groups is 1. The van der Waals surface area contributed by atoms with E-state index in [2.05, 4.69) is 10.3 Å². The molecule has 11 heteroatoms. The van der Waals surface area contributed by atoms with E-state index in [1.54, 1.807) is 36.2 Å². The average molecular weight is 532 g/mol. The zero-order chi connectivity index (χ0) is 25.1. The van der Waals surface area contributed by atoms with Crippen LogP contribution in [-0.2, 0) is 4.84 Å². The molecule has 0 N–H and O–H groups in total. The maximum atomic E-state index is 12.5. The van der Waals surface area contributed by atoms with Crippen molar-refractivity contribution in [3.05, 3.63) is 109 Å². The third-order valence-electron chi connectivity index (χ3n) is 5.33. The molecule has 8 nitrogen and oxygen atoms in total. The number of hydrazone groups is 1. The van der Waals surface area contributed by atoms with E-state index in [-0.39, 0.29) is 23.1 Å². The summed E-state index contributed by atoms with van der Waals surface area (Å²) in [6, 6.07) is 17.5. The molecule has 0 amide bonds. The van der Waals surface area contributed by atoms with E-state index < -0.39 is 10.9 Å². The van der Waals surface area contributed by atoms with E-state index in [0.717, 1.165) is 5.56 Å². The Morgan fingerprint density at radius 2 is 1.80 bits per heavy atom. The minimum Gasteiger partial charge on any atom is -0.311 e. The second-order valence-electron chi connectivity index (χ2n) is 7.55. The fourth-order valence-electron chi connectivity index (χ4n) is 3.69. The third-order valence-corrected chi connectivity index (χ3v) is 6.22. The van der Waals surface area contributed by atoms with Gasteiger partial charge in [-0.3, -0.25) is 10.1 Å². The van der Waals surface area contributed by atoms with Gasteiger partial charge in [0.15, 0.2) is 5.84 Å². The van der Waals surface area contributed by atoms with Crippen molar-refractivity contribution in [2.45, 2.75) is 19.4 Å². The summed E-state index contributed by atoms with van der Waals surface area (Å²) in [6.45, 7) is 1.60. The molecule has 0 radical (unpaired) electrons. The standard InChI is InChI=1S/C24H17Cl3N4O4/c1-14(29-35-24(32)18-7-3-5-9-22(18)31(33)34)30-23(17-6-2-4-8-19(17)26)13-21(28-30)16-11-10-15(25)12-20(16)27/h2-12,23H,13H2,1H3/b29-14+. The number of oxime groups is 1. The zero-order valence-electron chi connectivity index (χ0n) is 18.2. The molecule has 178 valence electrons. The molecule has 1 aliphatic rings. The summed E-state index contributed by atoms with van der Waals surface area (Å²) in [5, 5.41) is 22.9. The number of amidine groups is 1. The van der Waals surface area contributed by atoms with Crippen molar-refractivity contribution < 1.29 is 14.6 Å². The van der Waals surface area contributed by atoms with Gasteiger partial charge in [-0.1, -0.05) is 76.4 Å². The first-order chi connectivity index (χ1) is 16.8. The SMILES string of the molecule is C/C(=N\OC(=O)c1ccccc1[N+](=O)[O-])N1N=C(c2ccc(Cl)cc2Cl)CC1c1ccccc1Cl. The molecule has 3 aromatic rings. The van der Waals surface area contributed by atoms with Crippen LogP contribution in [0.4, 0.5) is 5.69 Å². The minimum absolute atomic E-state index is 0.213. The molecule has 4 rings (SSSR count). The van der Waals surface area contributed by atoms with Gasteiger partial charge >= 0.3 is 5.97 Å². The lowest BCUT2D eigenvalue weighted by Crippen LogP contribution is -2.25. The molecule has 0 aromatic heterocycles. The van der Waals surface area contributed by atoms with Crippen LogP contribution < -0.4 is 0 Å². The largest absolute Gasteiger partial charge is 0.372 e. The van der Waals surface area contributed by atoms with Crippen molar-refractivity contribution in [1.82, 2.24) is 5.01 Å². The highest BCUT2D eigenvalue weighted by Crippen LogP contribution is 2.38. The molecule has 1 aliphatic heterocycles. The maximum absolute atomic E-state index is 12.5. The summed E-state index contributed by atoms with van der Waals surface area (Å²) >= 11 is 18.9. The molecule has 0 bridgehead atoms. The van der Waals surface area contributed by atoms with E-state index in [4.69, 9.17) is 39.6 Å². The van der Waals surface area contributed by atoms with Gasteiger partial charge in [0.2, 0.25) is 0 Å². The summed E-state index contributed by atoms with van der Waals surface area (Å²) in [5.41, 5.74) is 1.56. The summed E-state index contributed by atoms with van der Waals surface area (Å²) in [6.07, 6.45) is 0.441. The fraction of sp³-hybridized carbons (Fsp3) is 0.125. The lowest BCUT2D eigenvalue weighted by molar-refractivity contribution is -0.385. The number of para-hydroxylation sites is 1. The van der Waals surface area contributed by atoms with E-state index in [0.29, 0.717) is 32.8 Å². The predicted octanol–water partition coefficient (Wildman–Crippen LogP) is 6.90. The van der Waals surface area contributed by atoms with Gasteiger partial charge in [0.25, 0.3) is 5.69 Å². The van der Waals surface area contributed by atoms with Gasteiger partial charge in [-0.2, -0.15) is 5.10 Å². The number of carbonyl (C=O) groups excluding carboxylic acids is 1. The lowest BCUT2D eigenvalue weighted by atomic mass is 9.98. The molecule has 35 heavy (non-hydrogen) atoms. The molecule has 1 unspecified atom stereocenters. The van der Waals surface area contributed by atoms with Crippen LogP contribution in [0.25, 0.3) is 0 Å². The normalized spacial score (nSPS) is 15.7. The van der Waals surface area contributed by atoms with E-state index in [1.807, 2.05) is 18.2 Å². The Bertz CT molecular complexity index is 1380. The van der Waals surface area contributed by atoms with Gasteiger partial charge in [-0.05, 0) is 36.8 Å². The van der Waals surface area contributed by atoms with Crippen LogP contribution in [0.15, 0.2) is 77.0 Å². The number of rotatable bonds is 5. The van der Waals surface area contributed by atoms with E-state index >= 15 is 0 Å². The molecule has 0 spiro atoms. The number of nitrogens with zero attached hydrogens (tertiary/aromatic N) is 4. The Morgan fingerprint density at radius 3 is 2.51 bits per heavy atom. The molecule has 0 saturated carbocycles. The highest BCUT2D eigenvalue weighted by atomic mass is 35.5. The molecule has 3 aromatic carbocycles. The van der Waals surface area contributed by atoms with Crippen molar-refractivity contribution in [2.75, 3.05) is 0 Å². The van der Waals surface area contributed by atoms with Gasteiger partial charge in [-0.15, -0.1) is 0 Å². The second kappa shape index (κ2) is 10.4. The molecular weight excluding hydrogens is 515 g/mol. The van der Waals surface area contributed by atoms with Crippen LogP contribution in [0.5, 0.6) is 0 Å². The summed E-state index contributed by atoms with van der Waals surface area (Å²) in [7, 11) is 0. The number of benzene rings is 3. The minimum atomic E-state index is -0.963. The first kappa shape index (κ1) is 24.7. The average Bonchev–Trinajstić information content (AvgIpc) is 3.27. The van der Waals surface area contributed by atoms with E-state index in [1.165, 1.54) is 24.3 Å². The highest BCUT2D eigenvalue weighted by Gasteiger charge is 2.33. The Morgan fingerprint density at radius 1 is 1.09 bits per heavy atom. The van der Waals surface area contributed by atoms with Crippen LogP contribution in [0, 0.1) is 10.1 Å². The fourth-order valence-corrected chi connectivity index (χ4v) is 4.47. The Hall–Kier alpha value is -3.46. The summed E-state index contributed by atoms with van der Waals surface area (Å²) in [4.78, 5) is 28.1. The monoisotopic (exact) mass is 530 g/mol. The molecular formula is C24H17Cl3N4O4. The number of hydrogen-bond acceptors (Lipinski definition) is 6. The zero-order valence-corrected chi connectivity index (χ0v) is 20.5. The van der Waals surface area contributed by atoms with Crippen molar-refractivity contribution in [3.8, 4) is 0 Å².